The normalized spacial score (nSPS) is 37.8. The van der Waals surface area contributed by atoms with Crippen molar-refractivity contribution in [2.75, 3.05) is 27.9 Å². The van der Waals surface area contributed by atoms with Gasteiger partial charge in [-0.2, -0.15) is 0 Å². The van der Waals surface area contributed by atoms with Crippen LogP contribution in [-0.4, -0.2) is 132 Å². The van der Waals surface area contributed by atoms with Gasteiger partial charge in [0.15, 0.2) is 5.78 Å². The quantitative estimate of drug-likeness (QED) is 0.156. The minimum atomic E-state index is -2.43. The number of aliphatic hydroxyl groups is 3. The van der Waals surface area contributed by atoms with Crippen LogP contribution in [0, 0.1) is 35.5 Å². The Morgan fingerprint density at radius 3 is 2.25 bits per heavy atom. The number of allylic oxidation sites excluding steroid dienone is 6. The lowest BCUT2D eigenvalue weighted by molar-refractivity contribution is -0.265. The SMILES string of the molecule is COC1C[C@H](C[C@@H](C)C2CC(=O)[C@H](C)C=C(C)[C@@H](O)[C@@H](OC)C(=O)[C@H](C)C[C@H](C)C=CC=CC=C(C)[C@@H](OC)C[C@@H]3CC[C@@H](C)[C@@](O)(O3)C(=O)C(=O)N3CCCC[C@H]3C(=O)O2)CC[C@H]1O. The number of amides is 1. The molecule has 0 aromatic carbocycles. The van der Waals surface area contributed by atoms with Crippen LogP contribution in [0.1, 0.15) is 126 Å². The zero-order chi connectivity index (χ0) is 48.2. The van der Waals surface area contributed by atoms with Crippen LogP contribution >= 0.6 is 0 Å². The Balaban J connectivity index is 1.70. The Bertz CT molecular complexity index is 1760. The fraction of sp³-hybridized carbons (Fsp3) is 0.745. The van der Waals surface area contributed by atoms with Gasteiger partial charge in [0.1, 0.15) is 30.1 Å². The Hall–Kier alpha value is -3.37. The van der Waals surface area contributed by atoms with Gasteiger partial charge in [-0.05, 0) is 107 Å². The summed E-state index contributed by atoms with van der Waals surface area (Å²) >= 11 is 0. The van der Waals surface area contributed by atoms with Crippen molar-refractivity contribution < 1.29 is 63.0 Å². The molecule has 1 amide bonds. The van der Waals surface area contributed by atoms with Gasteiger partial charge in [-0.3, -0.25) is 19.2 Å². The number of ether oxygens (including phenoxy) is 5. The van der Waals surface area contributed by atoms with Crippen LogP contribution < -0.4 is 0 Å². The van der Waals surface area contributed by atoms with Crippen molar-refractivity contribution in [2.45, 2.75) is 180 Å². The summed E-state index contributed by atoms with van der Waals surface area (Å²) in [7, 11) is 4.52. The van der Waals surface area contributed by atoms with E-state index in [0.717, 1.165) is 12.0 Å². The first-order chi connectivity index (χ1) is 30.7. The van der Waals surface area contributed by atoms with Gasteiger partial charge in [0.25, 0.3) is 11.7 Å². The standard InChI is InChI=1S/C51H79NO13/c1-30-16-12-11-13-17-31(2)42(61-8)28-38-21-19-36(7)51(60,65-38)48(57)49(58)52-23-15-14-18-39(52)50(59)64-43(33(4)26-37-20-22-40(53)44(27-37)62-9)29-41(54)32(3)25-35(6)46(56)47(63-10)45(55)34(5)24-30/h11-13,16-17,25,30,32-34,36-40,42-44,46-47,53,56,60H,14-15,18-24,26-29H2,1-10H3/t30-,32-,33-,34-,36-,37+,38+,39+,40-,42+,43?,44?,46-,47+,51-/m1/s1. The molecule has 4 rings (SSSR count). The topological polar surface area (TPSA) is 195 Å². The van der Waals surface area contributed by atoms with Gasteiger partial charge in [0, 0.05) is 58.5 Å². The first kappa shape index (κ1) is 54.2. The third-order valence-electron chi connectivity index (χ3n) is 14.5. The molecule has 2 bridgehead atoms. The number of hydrogen-bond acceptors (Lipinski definition) is 13. The average molecular weight is 914 g/mol. The minimum absolute atomic E-state index is 0.0193. The summed E-state index contributed by atoms with van der Waals surface area (Å²) in [5.74, 6) is -7.96. The zero-order valence-electron chi connectivity index (χ0n) is 40.6. The second-order valence-electron chi connectivity index (χ2n) is 19.6. The highest BCUT2D eigenvalue weighted by atomic mass is 16.6. The second-order valence-corrected chi connectivity index (χ2v) is 19.6. The van der Waals surface area contributed by atoms with Gasteiger partial charge in [0.05, 0.1) is 24.4 Å². The molecule has 366 valence electrons. The number of fused-ring (bicyclic) bond motifs is 3. The van der Waals surface area contributed by atoms with Gasteiger partial charge in [-0.1, -0.05) is 71.1 Å². The van der Waals surface area contributed by atoms with E-state index >= 15 is 0 Å². The number of carbonyl (C=O) groups excluding carboxylic acids is 5. The van der Waals surface area contributed by atoms with E-state index in [-0.39, 0.29) is 54.8 Å². The molecule has 0 aromatic rings. The van der Waals surface area contributed by atoms with Crippen molar-refractivity contribution in [1.29, 1.82) is 0 Å². The first-order valence-corrected chi connectivity index (χ1v) is 23.9. The highest BCUT2D eigenvalue weighted by molar-refractivity contribution is 6.39. The lowest BCUT2D eigenvalue weighted by atomic mass is 9.78. The molecule has 0 radical (unpaired) electrons. The molecule has 3 aliphatic heterocycles. The van der Waals surface area contributed by atoms with E-state index in [1.54, 1.807) is 41.1 Å². The van der Waals surface area contributed by atoms with Crippen LogP contribution in [0.15, 0.2) is 47.6 Å². The predicted octanol–water partition coefficient (Wildman–Crippen LogP) is 6.18. The van der Waals surface area contributed by atoms with Gasteiger partial charge >= 0.3 is 5.97 Å². The maximum absolute atomic E-state index is 14.4. The molecule has 65 heavy (non-hydrogen) atoms. The number of cyclic esters (lactones) is 1. The molecule has 3 heterocycles. The molecule has 14 nitrogen and oxygen atoms in total. The molecule has 0 aromatic heterocycles. The summed E-state index contributed by atoms with van der Waals surface area (Å²) in [6.45, 7) is 12.7. The largest absolute Gasteiger partial charge is 0.460 e. The molecular weight excluding hydrogens is 835 g/mol. The van der Waals surface area contributed by atoms with Crippen molar-refractivity contribution in [1.82, 2.24) is 4.90 Å². The van der Waals surface area contributed by atoms with E-state index in [2.05, 4.69) is 0 Å². The average Bonchev–Trinajstić information content (AvgIpc) is 3.28. The van der Waals surface area contributed by atoms with Crippen LogP contribution in [0.5, 0.6) is 0 Å². The molecule has 0 spiro atoms. The Kier molecular flexibility index (Phi) is 21.0. The minimum Gasteiger partial charge on any atom is -0.460 e. The number of hydrogen-bond donors (Lipinski definition) is 3. The molecule has 2 unspecified atom stereocenters. The summed E-state index contributed by atoms with van der Waals surface area (Å²) in [5.41, 5.74) is 1.27. The van der Waals surface area contributed by atoms with Crippen molar-refractivity contribution in [3.8, 4) is 0 Å². The number of nitrogens with zero attached hydrogens (tertiary/aromatic N) is 1. The smallest absolute Gasteiger partial charge is 0.329 e. The van der Waals surface area contributed by atoms with E-state index in [4.69, 9.17) is 23.7 Å². The monoisotopic (exact) mass is 914 g/mol. The Morgan fingerprint density at radius 1 is 0.846 bits per heavy atom. The van der Waals surface area contributed by atoms with Crippen molar-refractivity contribution >= 4 is 29.2 Å². The number of carbonyl (C=O) groups is 5. The molecule has 15 atom stereocenters. The molecule has 2 saturated heterocycles. The van der Waals surface area contributed by atoms with Crippen LogP contribution in [0.4, 0.5) is 0 Å². The van der Waals surface area contributed by atoms with Gasteiger partial charge in [-0.15, -0.1) is 0 Å². The number of methoxy groups -OCH3 is 3. The van der Waals surface area contributed by atoms with Gasteiger partial charge < -0.3 is 43.9 Å². The Labute approximate surface area is 387 Å². The number of rotatable bonds is 6. The summed E-state index contributed by atoms with van der Waals surface area (Å²) in [6, 6.07) is -1.14. The third-order valence-corrected chi connectivity index (χ3v) is 14.5. The lowest BCUT2D eigenvalue weighted by Gasteiger charge is -2.42. The molecule has 3 fully saturated rings. The summed E-state index contributed by atoms with van der Waals surface area (Å²) in [4.78, 5) is 71.8. The first-order valence-electron chi connectivity index (χ1n) is 23.9. The highest BCUT2D eigenvalue weighted by Gasteiger charge is 2.53. The Morgan fingerprint density at radius 2 is 1.57 bits per heavy atom. The summed E-state index contributed by atoms with van der Waals surface area (Å²) in [6.07, 6.45) is 11.2. The number of esters is 1. The molecular formula is C51H79NO13. The third kappa shape index (κ3) is 14.3. The van der Waals surface area contributed by atoms with E-state index in [1.165, 1.54) is 12.0 Å². The molecule has 14 heteroatoms. The number of piperidine rings is 1. The molecule has 3 N–H and O–H groups in total. The van der Waals surface area contributed by atoms with E-state index < -0.39 is 83.9 Å². The van der Waals surface area contributed by atoms with E-state index in [0.29, 0.717) is 63.4 Å². The van der Waals surface area contributed by atoms with E-state index in [9.17, 15) is 39.3 Å². The van der Waals surface area contributed by atoms with Crippen LogP contribution in [-0.2, 0) is 47.7 Å². The fourth-order valence-electron chi connectivity index (χ4n) is 10.1. The summed E-state index contributed by atoms with van der Waals surface area (Å²) in [5, 5.41) is 33.8. The zero-order valence-corrected chi connectivity index (χ0v) is 40.6. The number of aliphatic hydroxyl groups excluding tert-OH is 2. The lowest BCUT2D eigenvalue weighted by Crippen LogP contribution is -2.61. The van der Waals surface area contributed by atoms with Crippen molar-refractivity contribution in [3.05, 3.63) is 47.6 Å². The maximum atomic E-state index is 14.4. The molecule has 4 aliphatic rings. The van der Waals surface area contributed by atoms with Crippen LogP contribution in [0.25, 0.3) is 0 Å². The van der Waals surface area contributed by atoms with E-state index in [1.807, 2.05) is 58.1 Å². The number of ketones is 3. The van der Waals surface area contributed by atoms with Crippen molar-refractivity contribution in [3.63, 3.8) is 0 Å². The van der Waals surface area contributed by atoms with Crippen LogP contribution in [0.2, 0.25) is 0 Å². The van der Waals surface area contributed by atoms with Crippen LogP contribution in [0.3, 0.4) is 0 Å². The summed E-state index contributed by atoms with van der Waals surface area (Å²) < 4.78 is 29.4. The molecule has 1 aliphatic carbocycles. The van der Waals surface area contributed by atoms with Gasteiger partial charge in [-0.25, -0.2) is 4.79 Å². The van der Waals surface area contributed by atoms with Gasteiger partial charge in [0.2, 0.25) is 5.79 Å². The number of Topliss-reactive ketones (excluding diaryl/α,β-unsaturated/α-hetero) is 3. The predicted molar refractivity (Wildman–Crippen MR) is 245 cm³/mol. The maximum Gasteiger partial charge on any atom is 0.329 e. The fourth-order valence-corrected chi connectivity index (χ4v) is 10.1. The molecule has 1 saturated carbocycles. The van der Waals surface area contributed by atoms with Crippen molar-refractivity contribution in [2.24, 2.45) is 35.5 Å². The second kappa shape index (κ2) is 25.1. The highest BCUT2D eigenvalue weighted by Crippen LogP contribution is 2.38.